The van der Waals surface area contributed by atoms with Crippen molar-refractivity contribution in [2.45, 2.75) is 19.4 Å². The molecule has 1 N–H and O–H groups in total. The summed E-state index contributed by atoms with van der Waals surface area (Å²) in [7, 11) is 0. The van der Waals surface area contributed by atoms with Gasteiger partial charge in [0, 0.05) is 30.8 Å². The molecule has 21 heavy (non-hydrogen) atoms. The molecule has 1 fully saturated rings. The van der Waals surface area contributed by atoms with Gasteiger partial charge in [-0.15, -0.1) is 0 Å². The van der Waals surface area contributed by atoms with Crippen LogP contribution in [0.4, 0.5) is 5.69 Å². The molecule has 1 aliphatic heterocycles. The lowest BCUT2D eigenvalue weighted by Gasteiger charge is -2.26. The molecular weight excluding hydrogens is 266 g/mol. The zero-order valence-electron chi connectivity index (χ0n) is 12.1. The molecule has 2 aromatic carbocycles. The van der Waals surface area contributed by atoms with Crippen LogP contribution in [0.3, 0.4) is 0 Å². The van der Waals surface area contributed by atoms with E-state index < -0.39 is 5.97 Å². The van der Waals surface area contributed by atoms with E-state index in [1.165, 1.54) is 0 Å². The number of carboxylic acid groups (broad SMARTS) is 1. The summed E-state index contributed by atoms with van der Waals surface area (Å²) >= 11 is 0. The van der Waals surface area contributed by atoms with Crippen molar-refractivity contribution in [3.63, 3.8) is 0 Å². The smallest absolute Gasteiger partial charge is 0.336 e. The molecular formula is C17H19NO3. The summed E-state index contributed by atoms with van der Waals surface area (Å²) in [4.78, 5) is 13.7. The minimum atomic E-state index is -0.884. The molecule has 0 aliphatic carbocycles. The molecule has 0 spiro atoms. The summed E-state index contributed by atoms with van der Waals surface area (Å²) in [6.07, 6.45) is 1.17. The van der Waals surface area contributed by atoms with E-state index in [1.54, 1.807) is 6.07 Å². The first kappa shape index (κ1) is 13.9. The normalized spacial score (nSPS) is 19.5. The van der Waals surface area contributed by atoms with Gasteiger partial charge in [0.25, 0.3) is 0 Å². The van der Waals surface area contributed by atoms with Gasteiger partial charge in [-0.05, 0) is 30.9 Å². The summed E-state index contributed by atoms with van der Waals surface area (Å²) in [5.41, 5.74) is 1.45. The van der Waals surface area contributed by atoms with E-state index in [-0.39, 0.29) is 6.10 Å². The van der Waals surface area contributed by atoms with E-state index in [0.717, 1.165) is 42.6 Å². The lowest BCUT2D eigenvalue weighted by Crippen LogP contribution is -2.30. The number of aromatic carboxylic acids is 1. The van der Waals surface area contributed by atoms with Gasteiger partial charge >= 0.3 is 5.97 Å². The first-order valence-corrected chi connectivity index (χ1v) is 7.28. The highest BCUT2D eigenvalue weighted by Crippen LogP contribution is 2.30. The van der Waals surface area contributed by atoms with Crippen LogP contribution in [0.5, 0.6) is 0 Å². The predicted molar refractivity (Wildman–Crippen MR) is 83.2 cm³/mol. The number of ether oxygens (including phenoxy) is 1. The second-order valence-electron chi connectivity index (χ2n) is 5.46. The average molecular weight is 285 g/mol. The first-order valence-electron chi connectivity index (χ1n) is 7.28. The molecule has 0 bridgehead atoms. The van der Waals surface area contributed by atoms with Crippen molar-refractivity contribution in [1.29, 1.82) is 0 Å². The molecule has 3 rings (SSSR count). The monoisotopic (exact) mass is 285 g/mol. The Morgan fingerprint density at radius 1 is 1.24 bits per heavy atom. The molecule has 1 atom stereocenters. The number of carbonyl (C=O) groups is 1. The number of fused-ring (bicyclic) bond motifs is 1. The maximum atomic E-state index is 11.4. The van der Waals surface area contributed by atoms with E-state index in [1.807, 2.05) is 30.3 Å². The minimum Gasteiger partial charge on any atom is -0.478 e. The van der Waals surface area contributed by atoms with Crippen LogP contribution in [-0.4, -0.2) is 36.9 Å². The molecule has 1 heterocycles. The van der Waals surface area contributed by atoms with Gasteiger partial charge < -0.3 is 14.7 Å². The highest BCUT2D eigenvalue weighted by molar-refractivity contribution is 6.07. The zero-order chi connectivity index (χ0) is 14.8. The number of anilines is 1. The lowest BCUT2D eigenvalue weighted by atomic mass is 10.0. The molecule has 110 valence electrons. The Balaban J connectivity index is 2.10. The van der Waals surface area contributed by atoms with E-state index >= 15 is 0 Å². The second-order valence-corrected chi connectivity index (χ2v) is 5.46. The largest absolute Gasteiger partial charge is 0.478 e. The van der Waals surface area contributed by atoms with Gasteiger partial charge in [-0.1, -0.05) is 24.3 Å². The van der Waals surface area contributed by atoms with Crippen LogP contribution in [0.2, 0.25) is 0 Å². The fraction of sp³-hybridized carbons (Fsp3) is 0.353. The van der Waals surface area contributed by atoms with Gasteiger partial charge in [0.05, 0.1) is 11.7 Å². The lowest BCUT2D eigenvalue weighted by molar-refractivity contribution is 0.0699. The summed E-state index contributed by atoms with van der Waals surface area (Å²) in [6.45, 7) is 4.62. The third kappa shape index (κ3) is 2.72. The second kappa shape index (κ2) is 5.74. The topological polar surface area (TPSA) is 49.8 Å². The fourth-order valence-electron chi connectivity index (χ4n) is 2.96. The van der Waals surface area contributed by atoms with Crippen molar-refractivity contribution in [3.8, 4) is 0 Å². The van der Waals surface area contributed by atoms with Gasteiger partial charge in [-0.25, -0.2) is 4.79 Å². The molecule has 0 aromatic heterocycles. The molecule has 0 amide bonds. The molecule has 0 radical (unpaired) electrons. The molecule has 0 saturated carbocycles. The summed E-state index contributed by atoms with van der Waals surface area (Å²) in [5, 5.41) is 11.1. The predicted octanol–water partition coefficient (Wildman–Crippen LogP) is 3.15. The number of hydrogen-bond donors (Lipinski definition) is 1. The van der Waals surface area contributed by atoms with E-state index in [0.29, 0.717) is 5.56 Å². The van der Waals surface area contributed by atoms with Gasteiger partial charge in [-0.3, -0.25) is 0 Å². The van der Waals surface area contributed by atoms with Gasteiger partial charge in [0.1, 0.15) is 0 Å². The van der Waals surface area contributed by atoms with Crippen molar-refractivity contribution < 1.29 is 14.6 Å². The fourth-order valence-corrected chi connectivity index (χ4v) is 2.96. The quantitative estimate of drug-likeness (QED) is 0.921. The number of rotatable bonds is 2. The van der Waals surface area contributed by atoms with Crippen LogP contribution in [0.25, 0.3) is 10.8 Å². The SMILES string of the molecule is CC1CN(c2ccc(C(=O)O)c3ccccc23)CCCO1. The van der Waals surface area contributed by atoms with Crippen molar-refractivity contribution in [2.75, 3.05) is 24.6 Å². The van der Waals surface area contributed by atoms with E-state index in [2.05, 4.69) is 11.8 Å². The first-order chi connectivity index (χ1) is 10.2. The molecule has 4 heteroatoms. The van der Waals surface area contributed by atoms with Crippen molar-refractivity contribution >= 4 is 22.4 Å². The summed E-state index contributed by atoms with van der Waals surface area (Å²) < 4.78 is 5.69. The number of nitrogens with zero attached hydrogens (tertiary/aromatic N) is 1. The van der Waals surface area contributed by atoms with E-state index in [9.17, 15) is 9.90 Å². The summed E-state index contributed by atoms with van der Waals surface area (Å²) in [5.74, 6) is -0.884. The number of carboxylic acids is 1. The van der Waals surface area contributed by atoms with Crippen LogP contribution in [0.15, 0.2) is 36.4 Å². The van der Waals surface area contributed by atoms with Crippen LogP contribution >= 0.6 is 0 Å². The van der Waals surface area contributed by atoms with Crippen LogP contribution in [0, 0.1) is 0 Å². The summed E-state index contributed by atoms with van der Waals surface area (Å²) in [6, 6.07) is 11.3. The Morgan fingerprint density at radius 3 is 2.76 bits per heavy atom. The van der Waals surface area contributed by atoms with Crippen LogP contribution in [0.1, 0.15) is 23.7 Å². The zero-order valence-corrected chi connectivity index (χ0v) is 12.1. The Labute approximate surface area is 123 Å². The average Bonchev–Trinajstić information content (AvgIpc) is 2.70. The third-order valence-corrected chi connectivity index (χ3v) is 3.92. The Bertz CT molecular complexity index is 668. The van der Waals surface area contributed by atoms with Crippen LogP contribution in [-0.2, 0) is 4.74 Å². The molecule has 1 aliphatic rings. The Morgan fingerprint density at radius 2 is 2.00 bits per heavy atom. The Hall–Kier alpha value is -2.07. The van der Waals surface area contributed by atoms with E-state index in [4.69, 9.17) is 4.74 Å². The highest BCUT2D eigenvalue weighted by Gasteiger charge is 2.19. The molecule has 1 unspecified atom stereocenters. The van der Waals surface area contributed by atoms with Crippen molar-refractivity contribution in [2.24, 2.45) is 0 Å². The van der Waals surface area contributed by atoms with Gasteiger partial charge in [0.2, 0.25) is 0 Å². The maximum absolute atomic E-state index is 11.4. The van der Waals surface area contributed by atoms with Gasteiger partial charge in [-0.2, -0.15) is 0 Å². The minimum absolute atomic E-state index is 0.186. The van der Waals surface area contributed by atoms with Gasteiger partial charge in [0.15, 0.2) is 0 Å². The Kier molecular flexibility index (Phi) is 3.80. The molecule has 1 saturated heterocycles. The third-order valence-electron chi connectivity index (χ3n) is 3.92. The standard InChI is InChI=1S/C17H19NO3/c1-12-11-18(9-4-10-21-12)16-8-7-15(17(19)20)13-5-2-3-6-14(13)16/h2-3,5-8,12H,4,9-11H2,1H3,(H,19,20). The molecule has 4 nitrogen and oxygen atoms in total. The number of benzene rings is 2. The molecule has 2 aromatic rings. The number of hydrogen-bond acceptors (Lipinski definition) is 3. The van der Waals surface area contributed by atoms with Crippen molar-refractivity contribution in [1.82, 2.24) is 0 Å². The maximum Gasteiger partial charge on any atom is 0.336 e. The van der Waals surface area contributed by atoms with Crippen molar-refractivity contribution in [3.05, 3.63) is 42.0 Å². The highest BCUT2D eigenvalue weighted by atomic mass is 16.5. The van der Waals surface area contributed by atoms with Crippen LogP contribution < -0.4 is 4.90 Å².